The lowest BCUT2D eigenvalue weighted by Crippen LogP contribution is -2.56. The van der Waals surface area contributed by atoms with Crippen LogP contribution in [0.2, 0.25) is 0 Å². The smallest absolute Gasteiger partial charge is 0.239 e. The molecule has 2 aliphatic rings. The van der Waals surface area contributed by atoms with Crippen molar-refractivity contribution in [1.29, 1.82) is 0 Å². The van der Waals surface area contributed by atoms with E-state index in [1.54, 1.807) is 7.11 Å². The average molecular weight is 389 g/mol. The van der Waals surface area contributed by atoms with Gasteiger partial charge < -0.3 is 19.3 Å². The number of carbonyl (C=O) groups excluding carboxylic acids is 2. The summed E-state index contributed by atoms with van der Waals surface area (Å²) < 4.78 is 10.6. The SMILES string of the molecule is COc1cccc(CCC(=O)N2CCN(C(C)C(=O)N3CCOCC3)CC2)c1. The summed E-state index contributed by atoms with van der Waals surface area (Å²) in [6, 6.07) is 7.71. The highest BCUT2D eigenvalue weighted by molar-refractivity contribution is 5.81. The molecule has 0 spiro atoms. The summed E-state index contributed by atoms with van der Waals surface area (Å²) in [6.45, 7) is 7.39. The molecule has 0 aromatic heterocycles. The van der Waals surface area contributed by atoms with E-state index in [1.807, 2.05) is 41.0 Å². The van der Waals surface area contributed by atoms with E-state index in [1.165, 1.54) is 0 Å². The van der Waals surface area contributed by atoms with Gasteiger partial charge in [0.2, 0.25) is 11.8 Å². The lowest BCUT2D eigenvalue weighted by Gasteiger charge is -2.39. The minimum Gasteiger partial charge on any atom is -0.497 e. The van der Waals surface area contributed by atoms with Crippen molar-refractivity contribution in [2.45, 2.75) is 25.8 Å². The molecule has 1 unspecified atom stereocenters. The first kappa shape index (κ1) is 20.6. The lowest BCUT2D eigenvalue weighted by atomic mass is 10.1. The van der Waals surface area contributed by atoms with Crippen LogP contribution in [-0.2, 0) is 20.7 Å². The van der Waals surface area contributed by atoms with Crippen LogP contribution >= 0.6 is 0 Å². The summed E-state index contributed by atoms with van der Waals surface area (Å²) in [5, 5.41) is 0. The Kier molecular flexibility index (Phi) is 7.28. The number of amides is 2. The molecule has 0 bridgehead atoms. The van der Waals surface area contributed by atoms with Crippen LogP contribution in [0, 0.1) is 0 Å². The van der Waals surface area contributed by atoms with Crippen molar-refractivity contribution in [1.82, 2.24) is 14.7 Å². The molecule has 2 heterocycles. The monoisotopic (exact) mass is 389 g/mol. The van der Waals surface area contributed by atoms with Gasteiger partial charge in [0.25, 0.3) is 0 Å². The van der Waals surface area contributed by atoms with E-state index >= 15 is 0 Å². The molecule has 2 aliphatic heterocycles. The maximum absolute atomic E-state index is 12.7. The fourth-order valence-electron chi connectivity index (χ4n) is 3.80. The van der Waals surface area contributed by atoms with Gasteiger partial charge in [-0.05, 0) is 31.0 Å². The van der Waals surface area contributed by atoms with E-state index in [-0.39, 0.29) is 17.9 Å². The first-order valence-electron chi connectivity index (χ1n) is 10.1. The molecule has 7 heteroatoms. The number of nitrogens with zero attached hydrogens (tertiary/aromatic N) is 3. The highest BCUT2D eigenvalue weighted by atomic mass is 16.5. The maximum atomic E-state index is 12.7. The number of morpholine rings is 1. The Labute approximate surface area is 167 Å². The number of piperazine rings is 1. The molecule has 2 fully saturated rings. The van der Waals surface area contributed by atoms with Gasteiger partial charge in [0.1, 0.15) is 5.75 Å². The molecule has 0 saturated carbocycles. The van der Waals surface area contributed by atoms with Gasteiger partial charge in [0, 0.05) is 45.7 Å². The van der Waals surface area contributed by atoms with Crippen LogP contribution in [-0.4, -0.2) is 92.1 Å². The normalized spacial score (nSPS) is 19.4. The maximum Gasteiger partial charge on any atom is 0.239 e. The van der Waals surface area contributed by atoms with Gasteiger partial charge in [-0.1, -0.05) is 12.1 Å². The first-order valence-corrected chi connectivity index (χ1v) is 10.1. The molecular weight excluding hydrogens is 358 g/mol. The molecule has 1 aromatic carbocycles. The topological polar surface area (TPSA) is 62.3 Å². The number of methoxy groups -OCH3 is 1. The van der Waals surface area contributed by atoms with Crippen molar-refractivity contribution in [3.63, 3.8) is 0 Å². The largest absolute Gasteiger partial charge is 0.497 e. The number of hydrogen-bond donors (Lipinski definition) is 0. The molecule has 2 amide bonds. The second-order valence-electron chi connectivity index (χ2n) is 7.38. The van der Waals surface area contributed by atoms with Crippen molar-refractivity contribution in [2.75, 3.05) is 59.6 Å². The third kappa shape index (κ3) is 5.23. The zero-order chi connectivity index (χ0) is 19.9. The Hall–Kier alpha value is -2.12. The molecule has 0 N–H and O–H groups in total. The van der Waals surface area contributed by atoms with Gasteiger partial charge in [-0.15, -0.1) is 0 Å². The minimum atomic E-state index is -0.146. The third-order valence-corrected chi connectivity index (χ3v) is 5.66. The summed E-state index contributed by atoms with van der Waals surface area (Å²) in [5.74, 6) is 1.16. The molecule has 1 aromatic rings. The summed E-state index contributed by atoms with van der Waals surface area (Å²) in [4.78, 5) is 31.2. The number of aryl methyl sites for hydroxylation is 1. The lowest BCUT2D eigenvalue weighted by molar-refractivity contribution is -0.142. The van der Waals surface area contributed by atoms with E-state index in [0.717, 1.165) is 24.4 Å². The van der Waals surface area contributed by atoms with Crippen molar-refractivity contribution >= 4 is 11.8 Å². The fraction of sp³-hybridized carbons (Fsp3) is 0.619. The van der Waals surface area contributed by atoms with Gasteiger partial charge in [-0.3, -0.25) is 14.5 Å². The number of hydrogen-bond acceptors (Lipinski definition) is 5. The van der Waals surface area contributed by atoms with E-state index in [0.29, 0.717) is 52.2 Å². The number of ether oxygens (including phenoxy) is 2. The molecule has 28 heavy (non-hydrogen) atoms. The molecule has 0 radical (unpaired) electrons. The van der Waals surface area contributed by atoms with E-state index in [9.17, 15) is 9.59 Å². The van der Waals surface area contributed by atoms with Gasteiger partial charge in [-0.25, -0.2) is 0 Å². The van der Waals surface area contributed by atoms with E-state index < -0.39 is 0 Å². The summed E-state index contributed by atoms with van der Waals surface area (Å²) in [5.41, 5.74) is 1.11. The number of carbonyl (C=O) groups is 2. The van der Waals surface area contributed by atoms with Crippen molar-refractivity contribution in [3.05, 3.63) is 29.8 Å². The summed E-state index contributed by atoms with van der Waals surface area (Å²) >= 11 is 0. The van der Waals surface area contributed by atoms with Gasteiger partial charge in [-0.2, -0.15) is 0 Å². The van der Waals surface area contributed by atoms with Crippen LogP contribution in [0.5, 0.6) is 5.75 Å². The highest BCUT2D eigenvalue weighted by Crippen LogP contribution is 2.15. The van der Waals surface area contributed by atoms with Crippen LogP contribution < -0.4 is 4.74 Å². The molecule has 7 nitrogen and oxygen atoms in total. The van der Waals surface area contributed by atoms with Crippen LogP contribution in [0.25, 0.3) is 0 Å². The van der Waals surface area contributed by atoms with E-state index in [4.69, 9.17) is 9.47 Å². The number of rotatable bonds is 6. The van der Waals surface area contributed by atoms with Gasteiger partial charge in [0.15, 0.2) is 0 Å². The minimum absolute atomic E-state index is 0.146. The zero-order valence-electron chi connectivity index (χ0n) is 16.9. The van der Waals surface area contributed by atoms with Crippen LogP contribution in [0.1, 0.15) is 18.9 Å². The zero-order valence-corrected chi connectivity index (χ0v) is 16.9. The highest BCUT2D eigenvalue weighted by Gasteiger charge is 2.30. The quantitative estimate of drug-likeness (QED) is 0.727. The van der Waals surface area contributed by atoms with Gasteiger partial charge >= 0.3 is 0 Å². The van der Waals surface area contributed by atoms with Crippen molar-refractivity contribution < 1.29 is 19.1 Å². The molecule has 1 atom stereocenters. The second kappa shape index (κ2) is 9.89. The average Bonchev–Trinajstić information content (AvgIpc) is 2.77. The van der Waals surface area contributed by atoms with Gasteiger partial charge in [0.05, 0.1) is 26.4 Å². The van der Waals surface area contributed by atoms with Crippen LogP contribution in [0.15, 0.2) is 24.3 Å². The fourth-order valence-corrected chi connectivity index (χ4v) is 3.80. The molecular formula is C21H31N3O4. The number of benzene rings is 1. The second-order valence-corrected chi connectivity index (χ2v) is 7.38. The summed E-state index contributed by atoms with van der Waals surface area (Å²) in [7, 11) is 1.65. The third-order valence-electron chi connectivity index (χ3n) is 5.66. The molecule has 3 rings (SSSR count). The van der Waals surface area contributed by atoms with Crippen molar-refractivity contribution in [2.24, 2.45) is 0 Å². The summed E-state index contributed by atoms with van der Waals surface area (Å²) in [6.07, 6.45) is 1.21. The predicted octanol–water partition coefficient (Wildman–Crippen LogP) is 1.02. The molecule has 0 aliphatic carbocycles. The van der Waals surface area contributed by atoms with Crippen LogP contribution in [0.4, 0.5) is 0 Å². The first-order chi connectivity index (χ1) is 13.6. The van der Waals surface area contributed by atoms with Crippen LogP contribution in [0.3, 0.4) is 0 Å². The predicted molar refractivity (Wildman–Crippen MR) is 106 cm³/mol. The Morgan fingerprint density at radius 3 is 2.46 bits per heavy atom. The molecule has 154 valence electrons. The Morgan fingerprint density at radius 2 is 1.79 bits per heavy atom. The Bertz CT molecular complexity index is 667. The standard InChI is InChI=1S/C21H31N3O4/c1-17(21(26)24-12-14-28-15-13-24)22-8-10-23(11-9-22)20(25)7-6-18-4-3-5-19(16-18)27-2/h3-5,16-17H,6-15H2,1-2H3. The van der Waals surface area contributed by atoms with Crippen molar-refractivity contribution in [3.8, 4) is 5.75 Å². The Balaban J connectivity index is 1.43. The molecule has 2 saturated heterocycles. The van der Waals surface area contributed by atoms with E-state index in [2.05, 4.69) is 4.90 Å². The Morgan fingerprint density at radius 1 is 1.07 bits per heavy atom.